The van der Waals surface area contributed by atoms with E-state index in [2.05, 4.69) is 4.98 Å². The molecule has 0 radical (unpaired) electrons. The van der Waals surface area contributed by atoms with Crippen molar-refractivity contribution < 1.29 is 13.2 Å². The van der Waals surface area contributed by atoms with Crippen LogP contribution in [0.25, 0.3) is 0 Å². The number of imidazole rings is 1. The van der Waals surface area contributed by atoms with Crippen molar-refractivity contribution in [3.05, 3.63) is 40.4 Å². The molecule has 0 atom stereocenters. The van der Waals surface area contributed by atoms with Crippen molar-refractivity contribution in [1.29, 1.82) is 0 Å². The maximum Gasteiger partial charge on any atom is 0.270 e. The summed E-state index contributed by atoms with van der Waals surface area (Å²) < 4.78 is 31.1. The standard InChI is InChI=1S/C12H12Cl2N2O3S/c1-3-19-11-4-10(14)12(5-9(11)13)20(17,18)16-6-8(2)15-7-16/h4-7H,3H2,1-2H3. The number of aryl methyl sites for hydroxylation is 1. The Balaban J connectivity index is 2.55. The molecule has 108 valence electrons. The Labute approximate surface area is 127 Å². The fraction of sp³-hybridized carbons (Fsp3) is 0.250. The predicted octanol–water partition coefficient (Wildman–Crippen LogP) is 3.13. The van der Waals surface area contributed by atoms with Gasteiger partial charge in [-0.3, -0.25) is 0 Å². The molecule has 5 nitrogen and oxygen atoms in total. The van der Waals surface area contributed by atoms with Crippen molar-refractivity contribution in [2.45, 2.75) is 18.7 Å². The third-order valence-electron chi connectivity index (χ3n) is 2.53. The third-order valence-corrected chi connectivity index (χ3v) is 4.90. The van der Waals surface area contributed by atoms with Gasteiger partial charge in [-0.05, 0) is 19.9 Å². The molecule has 0 spiro atoms. The first-order valence-corrected chi connectivity index (χ1v) is 7.94. The molecule has 0 unspecified atom stereocenters. The van der Waals surface area contributed by atoms with Gasteiger partial charge in [0.1, 0.15) is 17.0 Å². The van der Waals surface area contributed by atoms with Gasteiger partial charge in [-0.1, -0.05) is 23.2 Å². The Morgan fingerprint density at radius 1 is 1.30 bits per heavy atom. The minimum atomic E-state index is -3.82. The summed E-state index contributed by atoms with van der Waals surface area (Å²) in [6.45, 7) is 3.89. The van der Waals surface area contributed by atoms with Gasteiger partial charge < -0.3 is 4.74 Å². The molecule has 1 heterocycles. The number of rotatable bonds is 4. The maximum absolute atomic E-state index is 12.4. The summed E-state index contributed by atoms with van der Waals surface area (Å²) in [7, 11) is -3.82. The van der Waals surface area contributed by atoms with E-state index in [9.17, 15) is 8.42 Å². The summed E-state index contributed by atoms with van der Waals surface area (Å²) in [5.74, 6) is 0.347. The normalized spacial score (nSPS) is 11.6. The molecule has 1 aromatic carbocycles. The van der Waals surface area contributed by atoms with E-state index in [0.29, 0.717) is 18.1 Å². The second-order valence-electron chi connectivity index (χ2n) is 4.00. The van der Waals surface area contributed by atoms with Crippen LogP contribution in [0.5, 0.6) is 5.75 Å². The van der Waals surface area contributed by atoms with E-state index in [1.165, 1.54) is 24.7 Å². The average Bonchev–Trinajstić information content (AvgIpc) is 2.81. The van der Waals surface area contributed by atoms with Crippen LogP contribution in [0.15, 0.2) is 29.6 Å². The van der Waals surface area contributed by atoms with Crippen molar-refractivity contribution >= 4 is 33.2 Å². The topological polar surface area (TPSA) is 61.2 Å². The van der Waals surface area contributed by atoms with Crippen molar-refractivity contribution in [2.75, 3.05) is 6.61 Å². The van der Waals surface area contributed by atoms with E-state index in [1.54, 1.807) is 13.8 Å². The monoisotopic (exact) mass is 334 g/mol. The van der Waals surface area contributed by atoms with Gasteiger partial charge in [-0.15, -0.1) is 0 Å². The quantitative estimate of drug-likeness (QED) is 0.861. The summed E-state index contributed by atoms with van der Waals surface area (Å²) in [4.78, 5) is 3.80. The molecule has 0 bridgehead atoms. The molecular formula is C12H12Cl2N2O3S. The molecule has 0 aliphatic carbocycles. The number of halogens is 2. The predicted molar refractivity (Wildman–Crippen MR) is 77.2 cm³/mol. The minimum Gasteiger partial charge on any atom is -0.492 e. The van der Waals surface area contributed by atoms with Crippen LogP contribution >= 0.6 is 23.2 Å². The van der Waals surface area contributed by atoms with Gasteiger partial charge in [-0.25, -0.2) is 17.4 Å². The fourth-order valence-electron chi connectivity index (χ4n) is 1.62. The Bertz CT molecular complexity index is 741. The Morgan fingerprint density at radius 3 is 2.55 bits per heavy atom. The number of aromatic nitrogens is 2. The van der Waals surface area contributed by atoms with E-state index in [4.69, 9.17) is 27.9 Å². The molecule has 8 heteroatoms. The van der Waals surface area contributed by atoms with Gasteiger partial charge >= 0.3 is 0 Å². The van der Waals surface area contributed by atoms with Crippen LogP contribution < -0.4 is 4.74 Å². The summed E-state index contributed by atoms with van der Waals surface area (Å²) >= 11 is 12.0. The summed E-state index contributed by atoms with van der Waals surface area (Å²) in [6.07, 6.45) is 2.61. The number of nitrogens with zero attached hydrogens (tertiary/aromatic N) is 2. The highest BCUT2D eigenvalue weighted by molar-refractivity contribution is 7.90. The van der Waals surface area contributed by atoms with Gasteiger partial charge in [0.15, 0.2) is 0 Å². The van der Waals surface area contributed by atoms with E-state index in [1.807, 2.05) is 0 Å². The Kier molecular flexibility index (Phi) is 4.27. The molecule has 1 aromatic heterocycles. The summed E-state index contributed by atoms with van der Waals surface area (Å²) in [6, 6.07) is 2.67. The molecule has 0 saturated carbocycles. The van der Waals surface area contributed by atoms with Crippen LogP contribution in [0, 0.1) is 6.92 Å². The van der Waals surface area contributed by atoms with Crippen molar-refractivity contribution in [3.63, 3.8) is 0 Å². The lowest BCUT2D eigenvalue weighted by molar-refractivity contribution is 0.340. The number of hydrogen-bond donors (Lipinski definition) is 0. The minimum absolute atomic E-state index is 0.0456. The molecule has 20 heavy (non-hydrogen) atoms. The van der Waals surface area contributed by atoms with E-state index in [0.717, 1.165) is 3.97 Å². The zero-order valence-corrected chi connectivity index (χ0v) is 13.1. The number of ether oxygens (including phenoxy) is 1. The highest BCUT2D eigenvalue weighted by Gasteiger charge is 2.22. The van der Waals surface area contributed by atoms with Gasteiger partial charge in [0, 0.05) is 12.3 Å². The molecule has 0 N–H and O–H groups in total. The van der Waals surface area contributed by atoms with Gasteiger partial charge in [0.2, 0.25) is 0 Å². The van der Waals surface area contributed by atoms with Crippen molar-refractivity contribution in [1.82, 2.24) is 8.96 Å². The van der Waals surface area contributed by atoms with Gasteiger partial charge in [-0.2, -0.15) is 0 Å². The summed E-state index contributed by atoms with van der Waals surface area (Å²) in [5, 5.41) is 0.232. The van der Waals surface area contributed by atoms with Crippen LogP contribution in [-0.2, 0) is 10.0 Å². The molecule has 0 saturated heterocycles. The molecular weight excluding hydrogens is 323 g/mol. The maximum atomic E-state index is 12.4. The highest BCUT2D eigenvalue weighted by Crippen LogP contribution is 2.34. The molecule has 2 rings (SSSR count). The molecule has 0 amide bonds. The zero-order chi connectivity index (χ0) is 14.9. The first-order chi connectivity index (χ1) is 9.36. The van der Waals surface area contributed by atoms with Crippen LogP contribution in [-0.4, -0.2) is 24.0 Å². The zero-order valence-electron chi connectivity index (χ0n) is 10.8. The summed E-state index contributed by atoms with van der Waals surface area (Å²) in [5.41, 5.74) is 0.585. The highest BCUT2D eigenvalue weighted by atomic mass is 35.5. The van der Waals surface area contributed by atoms with Crippen LogP contribution in [0.2, 0.25) is 10.0 Å². The lowest BCUT2D eigenvalue weighted by Crippen LogP contribution is -2.12. The van der Waals surface area contributed by atoms with Crippen LogP contribution in [0.1, 0.15) is 12.6 Å². The van der Waals surface area contributed by atoms with Gasteiger partial charge in [0.25, 0.3) is 10.0 Å². The Hall–Kier alpha value is -1.24. The van der Waals surface area contributed by atoms with E-state index in [-0.39, 0.29) is 14.9 Å². The van der Waals surface area contributed by atoms with Crippen LogP contribution in [0.3, 0.4) is 0 Å². The molecule has 0 aliphatic heterocycles. The lowest BCUT2D eigenvalue weighted by atomic mass is 10.3. The van der Waals surface area contributed by atoms with Crippen LogP contribution in [0.4, 0.5) is 0 Å². The first-order valence-electron chi connectivity index (χ1n) is 5.74. The van der Waals surface area contributed by atoms with Gasteiger partial charge in [0.05, 0.1) is 22.3 Å². The smallest absolute Gasteiger partial charge is 0.270 e. The molecule has 0 aliphatic rings. The second-order valence-corrected chi connectivity index (χ2v) is 6.62. The SMILES string of the molecule is CCOc1cc(Cl)c(S(=O)(=O)n2cnc(C)c2)cc1Cl. The van der Waals surface area contributed by atoms with Crippen molar-refractivity contribution in [2.24, 2.45) is 0 Å². The number of benzene rings is 1. The Morgan fingerprint density at radius 2 is 2.00 bits per heavy atom. The largest absolute Gasteiger partial charge is 0.492 e. The fourth-order valence-corrected chi connectivity index (χ4v) is 3.61. The molecule has 2 aromatic rings. The molecule has 0 fully saturated rings. The second kappa shape index (κ2) is 5.63. The van der Waals surface area contributed by atoms with Crippen molar-refractivity contribution in [3.8, 4) is 5.75 Å². The number of hydrogen-bond acceptors (Lipinski definition) is 4. The first kappa shape index (κ1) is 15.2. The third kappa shape index (κ3) is 2.77. The van der Waals surface area contributed by atoms with E-state index < -0.39 is 10.0 Å². The lowest BCUT2D eigenvalue weighted by Gasteiger charge is -2.11. The average molecular weight is 335 g/mol. The van der Waals surface area contributed by atoms with E-state index >= 15 is 0 Å².